The molecule has 0 amide bonds. The van der Waals surface area contributed by atoms with E-state index in [4.69, 9.17) is 11.6 Å². The van der Waals surface area contributed by atoms with Crippen molar-refractivity contribution in [3.63, 3.8) is 0 Å². The van der Waals surface area contributed by atoms with Crippen molar-refractivity contribution in [1.29, 1.82) is 0 Å². The number of rotatable bonds is 4. The van der Waals surface area contributed by atoms with Gasteiger partial charge in [0, 0.05) is 23.2 Å². The molecule has 15 heavy (non-hydrogen) atoms. The Hall–Kier alpha value is -0.800. The highest BCUT2D eigenvalue weighted by atomic mass is 35.5. The Labute approximate surface area is 98.1 Å². The van der Waals surface area contributed by atoms with Crippen LogP contribution in [-0.4, -0.2) is 21.6 Å². The maximum atomic E-state index is 5.61. The molecular weight excluding hydrogens is 228 g/mol. The zero-order chi connectivity index (χ0) is 10.5. The van der Waals surface area contributed by atoms with Crippen LogP contribution in [0.15, 0.2) is 35.6 Å². The molecule has 0 fully saturated rings. The van der Waals surface area contributed by atoms with Gasteiger partial charge in [-0.25, -0.2) is 9.97 Å². The number of benzene rings is 1. The first-order chi connectivity index (χ1) is 7.40. The van der Waals surface area contributed by atoms with Gasteiger partial charge < -0.3 is 0 Å². The third-order valence-corrected chi connectivity index (χ3v) is 3.19. The summed E-state index contributed by atoms with van der Waals surface area (Å²) in [6.45, 7) is 0. The zero-order valence-electron chi connectivity index (χ0n) is 8.19. The molecule has 0 aliphatic rings. The molecule has 0 bridgehead atoms. The van der Waals surface area contributed by atoms with E-state index in [9.17, 15) is 0 Å². The van der Waals surface area contributed by atoms with Crippen LogP contribution < -0.4 is 0 Å². The number of hydrogen-bond acceptors (Lipinski definition) is 3. The molecule has 78 valence electrons. The van der Waals surface area contributed by atoms with Gasteiger partial charge in [0.25, 0.3) is 0 Å². The number of alkyl halides is 1. The predicted molar refractivity (Wildman–Crippen MR) is 65.6 cm³/mol. The molecule has 2 aromatic rings. The van der Waals surface area contributed by atoms with Crippen molar-refractivity contribution in [2.24, 2.45) is 0 Å². The number of hydrogen-bond donors (Lipinski definition) is 0. The van der Waals surface area contributed by atoms with Crippen molar-refractivity contribution < 1.29 is 0 Å². The third kappa shape index (κ3) is 2.83. The van der Waals surface area contributed by atoms with Gasteiger partial charge in [0.15, 0.2) is 5.16 Å². The average molecular weight is 239 g/mol. The van der Waals surface area contributed by atoms with Crippen molar-refractivity contribution in [2.75, 3.05) is 11.6 Å². The Morgan fingerprint density at radius 1 is 1.27 bits per heavy atom. The quantitative estimate of drug-likeness (QED) is 0.354. The fraction of sp³-hybridized carbons (Fsp3) is 0.273. The van der Waals surface area contributed by atoms with E-state index in [-0.39, 0.29) is 0 Å². The van der Waals surface area contributed by atoms with E-state index in [1.54, 1.807) is 11.8 Å². The van der Waals surface area contributed by atoms with Gasteiger partial charge in [0.05, 0.1) is 5.52 Å². The first kappa shape index (κ1) is 10.7. The van der Waals surface area contributed by atoms with Crippen LogP contribution in [0.25, 0.3) is 10.9 Å². The lowest BCUT2D eigenvalue weighted by Crippen LogP contribution is -1.89. The fourth-order valence-electron chi connectivity index (χ4n) is 1.24. The summed E-state index contributed by atoms with van der Waals surface area (Å²) >= 11 is 7.26. The summed E-state index contributed by atoms with van der Waals surface area (Å²) in [7, 11) is 0. The number of fused-ring (bicyclic) bond motifs is 1. The van der Waals surface area contributed by atoms with Gasteiger partial charge in [-0.15, -0.1) is 11.6 Å². The van der Waals surface area contributed by atoms with Crippen LogP contribution in [0.3, 0.4) is 0 Å². The summed E-state index contributed by atoms with van der Waals surface area (Å²) in [5.41, 5.74) is 1.00. The standard InChI is InChI=1S/C11H11ClN2S/c12-6-3-7-15-11-13-8-9-4-1-2-5-10(9)14-11/h1-2,4-5,8H,3,6-7H2. The van der Waals surface area contributed by atoms with Gasteiger partial charge in [-0.3, -0.25) is 0 Å². The largest absolute Gasteiger partial charge is 0.230 e. The van der Waals surface area contributed by atoms with Crippen LogP contribution in [-0.2, 0) is 0 Å². The molecule has 0 saturated heterocycles. The van der Waals surface area contributed by atoms with Crippen LogP contribution in [0.1, 0.15) is 6.42 Å². The molecule has 1 aromatic heterocycles. The molecule has 0 aliphatic heterocycles. The number of nitrogens with zero attached hydrogens (tertiary/aromatic N) is 2. The number of halogens is 1. The second-order valence-electron chi connectivity index (χ2n) is 3.10. The second kappa shape index (κ2) is 5.33. The van der Waals surface area contributed by atoms with Gasteiger partial charge in [0.2, 0.25) is 0 Å². The fourth-order valence-corrected chi connectivity index (χ4v) is 2.30. The summed E-state index contributed by atoms with van der Waals surface area (Å²) in [6, 6.07) is 8.00. The van der Waals surface area contributed by atoms with E-state index in [1.165, 1.54) is 0 Å². The second-order valence-corrected chi connectivity index (χ2v) is 4.54. The summed E-state index contributed by atoms with van der Waals surface area (Å²) in [5.74, 6) is 1.67. The maximum Gasteiger partial charge on any atom is 0.188 e. The predicted octanol–water partition coefficient (Wildman–Crippen LogP) is 3.35. The Balaban J connectivity index is 2.16. The smallest absolute Gasteiger partial charge is 0.188 e. The molecule has 0 N–H and O–H groups in total. The minimum absolute atomic E-state index is 0.695. The summed E-state index contributed by atoms with van der Waals surface area (Å²) < 4.78 is 0. The van der Waals surface area contributed by atoms with Crippen molar-refractivity contribution in [3.05, 3.63) is 30.5 Å². The normalized spacial score (nSPS) is 10.7. The van der Waals surface area contributed by atoms with Gasteiger partial charge in [-0.2, -0.15) is 0 Å². The Kier molecular flexibility index (Phi) is 3.80. The molecule has 1 heterocycles. The monoisotopic (exact) mass is 238 g/mol. The highest BCUT2D eigenvalue weighted by Gasteiger charge is 1.99. The molecule has 2 rings (SSSR count). The van der Waals surface area contributed by atoms with Crippen molar-refractivity contribution in [1.82, 2.24) is 9.97 Å². The first-order valence-corrected chi connectivity index (χ1v) is 6.33. The lowest BCUT2D eigenvalue weighted by molar-refractivity contribution is 0.995. The SMILES string of the molecule is ClCCCSc1ncc2ccccc2n1. The molecule has 0 atom stereocenters. The number of para-hydroxylation sites is 1. The molecule has 2 nitrogen and oxygen atoms in total. The van der Waals surface area contributed by atoms with Crippen LogP contribution in [0, 0.1) is 0 Å². The van der Waals surface area contributed by atoms with E-state index in [0.717, 1.165) is 28.2 Å². The van der Waals surface area contributed by atoms with Gasteiger partial charge in [-0.1, -0.05) is 30.0 Å². The number of thioether (sulfide) groups is 1. The molecule has 1 aromatic carbocycles. The summed E-state index contributed by atoms with van der Waals surface area (Å²) in [5, 5.41) is 1.91. The Bertz CT molecular complexity index is 447. The van der Waals surface area contributed by atoms with Crippen molar-refractivity contribution in [3.8, 4) is 0 Å². The van der Waals surface area contributed by atoms with Crippen LogP contribution >= 0.6 is 23.4 Å². The summed E-state index contributed by atoms with van der Waals surface area (Å²) in [4.78, 5) is 8.74. The van der Waals surface area contributed by atoms with E-state index < -0.39 is 0 Å². The third-order valence-electron chi connectivity index (χ3n) is 1.98. The van der Waals surface area contributed by atoms with Crippen LogP contribution in [0.4, 0.5) is 0 Å². The maximum absolute atomic E-state index is 5.61. The molecule has 4 heteroatoms. The van der Waals surface area contributed by atoms with Gasteiger partial charge in [-0.05, 0) is 12.5 Å². The lowest BCUT2D eigenvalue weighted by atomic mass is 10.2. The van der Waals surface area contributed by atoms with E-state index in [1.807, 2.05) is 30.5 Å². The van der Waals surface area contributed by atoms with Crippen molar-refractivity contribution >= 4 is 34.3 Å². The van der Waals surface area contributed by atoms with E-state index >= 15 is 0 Å². The van der Waals surface area contributed by atoms with Crippen molar-refractivity contribution in [2.45, 2.75) is 11.6 Å². The zero-order valence-corrected chi connectivity index (χ0v) is 9.76. The van der Waals surface area contributed by atoms with E-state index in [2.05, 4.69) is 9.97 Å². The lowest BCUT2D eigenvalue weighted by Gasteiger charge is -2.00. The van der Waals surface area contributed by atoms with Gasteiger partial charge >= 0.3 is 0 Å². The highest BCUT2D eigenvalue weighted by Crippen LogP contribution is 2.17. The number of aromatic nitrogens is 2. The molecule has 0 unspecified atom stereocenters. The Morgan fingerprint density at radius 3 is 3.00 bits per heavy atom. The summed E-state index contributed by atoms with van der Waals surface area (Å²) in [6.07, 6.45) is 2.85. The Morgan fingerprint density at radius 2 is 2.13 bits per heavy atom. The minimum atomic E-state index is 0.695. The first-order valence-electron chi connectivity index (χ1n) is 4.81. The van der Waals surface area contributed by atoms with Gasteiger partial charge in [0.1, 0.15) is 0 Å². The molecule has 0 radical (unpaired) electrons. The molecular formula is C11H11ClN2S. The molecule has 0 saturated carbocycles. The van der Waals surface area contributed by atoms with Crippen LogP contribution in [0.5, 0.6) is 0 Å². The molecule has 0 aliphatic carbocycles. The average Bonchev–Trinajstić information content (AvgIpc) is 2.29. The molecule has 0 spiro atoms. The topological polar surface area (TPSA) is 25.8 Å². The van der Waals surface area contributed by atoms with Crippen LogP contribution in [0.2, 0.25) is 0 Å². The minimum Gasteiger partial charge on any atom is -0.230 e. The van der Waals surface area contributed by atoms with E-state index in [0.29, 0.717) is 5.88 Å². The highest BCUT2D eigenvalue weighted by molar-refractivity contribution is 7.99.